The van der Waals surface area contributed by atoms with Crippen molar-refractivity contribution in [2.24, 2.45) is 0 Å². The molecule has 0 aliphatic carbocycles. The average Bonchev–Trinajstić information content (AvgIpc) is 3.29. The second kappa shape index (κ2) is 6.51. The van der Waals surface area contributed by atoms with Gasteiger partial charge in [-0.15, -0.1) is 11.3 Å². The van der Waals surface area contributed by atoms with Crippen molar-refractivity contribution >= 4 is 55.6 Å². The number of thiophene rings is 1. The number of aromatic amines is 2. The Hall–Kier alpha value is -2.55. The summed E-state index contributed by atoms with van der Waals surface area (Å²) in [5, 5.41) is 2.46. The van der Waals surface area contributed by atoms with Crippen molar-refractivity contribution in [3.05, 3.63) is 39.0 Å². The first-order chi connectivity index (χ1) is 13.5. The number of benzene rings is 1. The van der Waals surface area contributed by atoms with Gasteiger partial charge in [-0.25, -0.2) is 4.98 Å². The molecule has 0 amide bonds. The highest BCUT2D eigenvalue weighted by Gasteiger charge is 2.20. The molecule has 1 aliphatic rings. The van der Waals surface area contributed by atoms with Gasteiger partial charge in [0.2, 0.25) is 0 Å². The van der Waals surface area contributed by atoms with Gasteiger partial charge >= 0.3 is 0 Å². The maximum Gasteiger partial charge on any atom is 0.261 e. The standard InChI is InChI=1S/C19H19ClN6OS/c1-25-3-5-26(6-4-25)10-8-11(20)16-13(9-10)22-18(24-16)14-15(21)17-12(2-7-28-17)23-19(14)27/h2,7-9H,3-6H2,1H3,(H,22,24)(H3,21,23,27). The van der Waals surface area contributed by atoms with E-state index in [2.05, 4.69) is 31.8 Å². The highest BCUT2D eigenvalue weighted by molar-refractivity contribution is 7.17. The zero-order chi connectivity index (χ0) is 19.4. The van der Waals surface area contributed by atoms with Crippen LogP contribution in [0, 0.1) is 0 Å². The summed E-state index contributed by atoms with van der Waals surface area (Å²) < 4.78 is 0.847. The molecule has 7 nitrogen and oxygen atoms in total. The first-order valence-electron chi connectivity index (χ1n) is 9.03. The molecule has 0 saturated carbocycles. The van der Waals surface area contributed by atoms with Crippen LogP contribution in [0.2, 0.25) is 5.02 Å². The second-order valence-electron chi connectivity index (χ2n) is 7.11. The number of piperazine rings is 1. The maximum atomic E-state index is 12.6. The summed E-state index contributed by atoms with van der Waals surface area (Å²) in [7, 11) is 2.13. The van der Waals surface area contributed by atoms with Crippen molar-refractivity contribution in [1.82, 2.24) is 19.9 Å². The number of anilines is 2. The van der Waals surface area contributed by atoms with E-state index in [9.17, 15) is 4.79 Å². The SMILES string of the molecule is CN1CCN(c2cc(Cl)c3nc(-c4c(N)c5sccc5[nH]c4=O)[nH]c3c2)CC1. The van der Waals surface area contributed by atoms with Crippen LogP contribution in [-0.4, -0.2) is 53.1 Å². The molecule has 1 saturated heterocycles. The molecule has 3 aromatic heterocycles. The summed E-state index contributed by atoms with van der Waals surface area (Å²) in [6, 6.07) is 5.83. The van der Waals surface area contributed by atoms with E-state index >= 15 is 0 Å². The molecule has 0 spiro atoms. The fourth-order valence-corrected chi connectivity index (χ4v) is 4.77. The van der Waals surface area contributed by atoms with Gasteiger partial charge in [0.25, 0.3) is 5.56 Å². The maximum absolute atomic E-state index is 12.6. The molecule has 0 atom stereocenters. The number of hydrogen-bond donors (Lipinski definition) is 3. The molecular weight excluding hydrogens is 396 g/mol. The van der Waals surface area contributed by atoms with E-state index in [-0.39, 0.29) is 5.56 Å². The van der Waals surface area contributed by atoms with Gasteiger partial charge in [0.05, 0.1) is 26.4 Å². The van der Waals surface area contributed by atoms with Gasteiger partial charge in [-0.05, 0) is 30.6 Å². The number of hydrogen-bond acceptors (Lipinski definition) is 6. The van der Waals surface area contributed by atoms with E-state index in [4.69, 9.17) is 17.3 Å². The first-order valence-corrected chi connectivity index (χ1v) is 10.3. The van der Waals surface area contributed by atoms with Crippen LogP contribution in [0.5, 0.6) is 0 Å². The van der Waals surface area contributed by atoms with Gasteiger partial charge < -0.3 is 25.5 Å². The number of nitrogens with one attached hydrogen (secondary N) is 2. The zero-order valence-corrected chi connectivity index (χ0v) is 16.8. The third-order valence-electron chi connectivity index (χ3n) is 5.28. The predicted molar refractivity (Wildman–Crippen MR) is 117 cm³/mol. The lowest BCUT2D eigenvalue weighted by Crippen LogP contribution is -2.44. The number of aromatic nitrogens is 3. The van der Waals surface area contributed by atoms with Crippen molar-refractivity contribution in [1.29, 1.82) is 0 Å². The van der Waals surface area contributed by atoms with Gasteiger partial charge in [-0.1, -0.05) is 11.6 Å². The predicted octanol–water partition coefficient (Wildman–Crippen LogP) is 3.12. The van der Waals surface area contributed by atoms with Crippen LogP contribution in [0.3, 0.4) is 0 Å². The fourth-order valence-electron chi connectivity index (χ4n) is 3.70. The van der Waals surface area contributed by atoms with Gasteiger partial charge in [0.15, 0.2) is 0 Å². The Kier molecular flexibility index (Phi) is 4.08. The average molecular weight is 415 g/mol. The minimum Gasteiger partial charge on any atom is -0.397 e. The highest BCUT2D eigenvalue weighted by Crippen LogP contribution is 2.34. The molecule has 0 bridgehead atoms. The Bertz CT molecular complexity index is 1250. The molecule has 4 heterocycles. The lowest BCUT2D eigenvalue weighted by Gasteiger charge is -2.34. The number of likely N-dealkylation sites (N-methyl/N-ethyl adjacent to an activating group) is 1. The smallest absolute Gasteiger partial charge is 0.261 e. The molecule has 1 aromatic carbocycles. The lowest BCUT2D eigenvalue weighted by molar-refractivity contribution is 0.313. The summed E-state index contributed by atoms with van der Waals surface area (Å²) >= 11 is 8.02. The Morgan fingerprint density at radius 2 is 1.96 bits per heavy atom. The second-order valence-corrected chi connectivity index (χ2v) is 8.43. The van der Waals surface area contributed by atoms with Crippen molar-refractivity contribution in [3.8, 4) is 11.4 Å². The number of halogens is 1. The van der Waals surface area contributed by atoms with E-state index in [1.54, 1.807) is 0 Å². The molecule has 144 valence electrons. The molecule has 1 aliphatic heterocycles. The van der Waals surface area contributed by atoms with Crippen molar-refractivity contribution in [3.63, 3.8) is 0 Å². The van der Waals surface area contributed by atoms with Gasteiger partial charge in [0.1, 0.15) is 16.9 Å². The van der Waals surface area contributed by atoms with Crippen LogP contribution in [0.25, 0.3) is 32.6 Å². The third-order valence-corrected chi connectivity index (χ3v) is 6.52. The Balaban J connectivity index is 1.63. The fraction of sp³-hybridized carbons (Fsp3) is 0.263. The largest absolute Gasteiger partial charge is 0.397 e. The number of nitrogen functional groups attached to an aromatic ring is 1. The van der Waals surface area contributed by atoms with Gasteiger partial charge in [0, 0.05) is 31.9 Å². The van der Waals surface area contributed by atoms with Crippen LogP contribution >= 0.6 is 22.9 Å². The number of pyridine rings is 1. The van der Waals surface area contributed by atoms with Crippen molar-refractivity contribution in [2.75, 3.05) is 43.9 Å². The van der Waals surface area contributed by atoms with Crippen LogP contribution in [0.4, 0.5) is 11.4 Å². The Morgan fingerprint density at radius 1 is 1.18 bits per heavy atom. The monoisotopic (exact) mass is 414 g/mol. The number of fused-ring (bicyclic) bond motifs is 2. The highest BCUT2D eigenvalue weighted by atomic mass is 35.5. The number of nitrogens with two attached hydrogens (primary N) is 1. The summed E-state index contributed by atoms with van der Waals surface area (Å²) in [6.45, 7) is 3.91. The molecular formula is C19H19ClN6OS. The molecule has 1 fully saturated rings. The quantitative estimate of drug-likeness (QED) is 0.468. The minimum absolute atomic E-state index is 0.266. The summed E-state index contributed by atoms with van der Waals surface area (Å²) in [6.07, 6.45) is 0. The Labute approximate surface area is 169 Å². The van der Waals surface area contributed by atoms with Crippen LogP contribution in [0.1, 0.15) is 0 Å². The minimum atomic E-state index is -0.266. The van der Waals surface area contributed by atoms with Gasteiger partial charge in [-0.3, -0.25) is 4.79 Å². The number of rotatable bonds is 2. The number of nitrogens with zero attached hydrogens (tertiary/aromatic N) is 3. The molecule has 4 N–H and O–H groups in total. The van der Waals surface area contributed by atoms with Crippen LogP contribution in [0.15, 0.2) is 28.4 Å². The third kappa shape index (κ3) is 2.76. The van der Waals surface area contributed by atoms with E-state index in [0.29, 0.717) is 27.6 Å². The summed E-state index contributed by atoms with van der Waals surface area (Å²) in [5.74, 6) is 0.432. The van der Waals surface area contributed by atoms with Crippen molar-refractivity contribution < 1.29 is 0 Å². The van der Waals surface area contributed by atoms with E-state index < -0.39 is 0 Å². The topological polar surface area (TPSA) is 94.0 Å². The summed E-state index contributed by atoms with van der Waals surface area (Å²) in [5.41, 5.74) is 10.0. The molecule has 28 heavy (non-hydrogen) atoms. The molecule has 5 rings (SSSR count). The van der Waals surface area contributed by atoms with Gasteiger partial charge in [-0.2, -0.15) is 0 Å². The normalized spacial score (nSPS) is 15.7. The van der Waals surface area contributed by atoms with E-state index in [0.717, 1.165) is 47.6 Å². The summed E-state index contributed by atoms with van der Waals surface area (Å²) in [4.78, 5) is 27.9. The van der Waals surface area contributed by atoms with Crippen molar-refractivity contribution in [2.45, 2.75) is 0 Å². The first kappa shape index (κ1) is 17.5. The van der Waals surface area contributed by atoms with E-state index in [1.165, 1.54) is 11.3 Å². The van der Waals surface area contributed by atoms with Crippen LogP contribution in [-0.2, 0) is 0 Å². The molecule has 9 heteroatoms. The number of imidazole rings is 1. The zero-order valence-electron chi connectivity index (χ0n) is 15.3. The Morgan fingerprint density at radius 3 is 2.75 bits per heavy atom. The molecule has 4 aromatic rings. The number of H-pyrrole nitrogens is 2. The molecule has 0 radical (unpaired) electrons. The van der Waals surface area contributed by atoms with Crippen LogP contribution < -0.4 is 16.2 Å². The lowest BCUT2D eigenvalue weighted by atomic mass is 10.2. The molecule has 0 unspecified atom stereocenters. The van der Waals surface area contributed by atoms with E-state index in [1.807, 2.05) is 23.6 Å².